The Bertz CT molecular complexity index is 784. The minimum absolute atomic E-state index is 0.127. The van der Waals surface area contributed by atoms with Crippen molar-refractivity contribution < 1.29 is 14.4 Å². The number of carbonyl (C=O) groups is 3. The van der Waals surface area contributed by atoms with Crippen molar-refractivity contribution in [3.8, 4) is 0 Å². The molecule has 0 aliphatic rings. The van der Waals surface area contributed by atoms with Crippen LogP contribution in [0.4, 0.5) is 11.4 Å². The van der Waals surface area contributed by atoms with Crippen molar-refractivity contribution in [1.82, 2.24) is 4.90 Å². The number of hydrogen-bond donors (Lipinski definition) is 2. The highest BCUT2D eigenvalue weighted by Crippen LogP contribution is 2.24. The molecule has 0 saturated carbocycles. The van der Waals surface area contributed by atoms with Crippen LogP contribution in [-0.4, -0.2) is 29.7 Å². The Balaban J connectivity index is 2.33. The standard InChI is InChI=1S/C20H23N3O3/c1-13(16-8-6-5-7-9-16)23(4)20(26)17-10-18(21-14(2)24)12-19(11-17)22-15(3)25/h5-13H,1-4H3,(H,21,24)(H,22,25)/t13-/m1/s1. The molecule has 0 fully saturated rings. The second-order valence-corrected chi connectivity index (χ2v) is 6.16. The van der Waals surface area contributed by atoms with Crippen molar-refractivity contribution in [3.05, 3.63) is 59.7 Å². The Kier molecular flexibility index (Phi) is 6.11. The van der Waals surface area contributed by atoms with Crippen molar-refractivity contribution in [1.29, 1.82) is 0 Å². The molecule has 2 N–H and O–H groups in total. The fourth-order valence-corrected chi connectivity index (χ4v) is 2.64. The van der Waals surface area contributed by atoms with E-state index < -0.39 is 0 Å². The molecule has 3 amide bonds. The lowest BCUT2D eigenvalue weighted by Crippen LogP contribution is -2.29. The second kappa shape index (κ2) is 8.29. The number of carbonyl (C=O) groups excluding carboxylic acids is 3. The molecule has 2 rings (SSSR count). The van der Waals surface area contributed by atoms with Gasteiger partial charge in [0.25, 0.3) is 5.91 Å². The van der Waals surface area contributed by atoms with E-state index in [1.165, 1.54) is 13.8 Å². The SMILES string of the molecule is CC(=O)Nc1cc(NC(C)=O)cc(C(=O)N(C)[C@H](C)c2ccccc2)c1. The molecule has 0 saturated heterocycles. The Morgan fingerprint density at radius 3 is 1.85 bits per heavy atom. The molecule has 1 atom stereocenters. The van der Waals surface area contributed by atoms with Crippen LogP contribution in [0.3, 0.4) is 0 Å². The van der Waals surface area contributed by atoms with Crippen molar-refractivity contribution >= 4 is 29.1 Å². The fourth-order valence-electron chi connectivity index (χ4n) is 2.64. The van der Waals surface area contributed by atoms with Crippen LogP contribution in [-0.2, 0) is 9.59 Å². The molecule has 2 aromatic rings. The molecular formula is C20H23N3O3. The van der Waals surface area contributed by atoms with Crippen molar-refractivity contribution in [3.63, 3.8) is 0 Å². The molecule has 6 heteroatoms. The zero-order valence-corrected chi connectivity index (χ0v) is 15.4. The summed E-state index contributed by atoms with van der Waals surface area (Å²) in [4.78, 5) is 37.3. The number of nitrogens with zero attached hydrogens (tertiary/aromatic N) is 1. The monoisotopic (exact) mass is 353 g/mol. The molecule has 0 aliphatic heterocycles. The van der Waals surface area contributed by atoms with E-state index in [0.29, 0.717) is 16.9 Å². The molecule has 0 bridgehead atoms. The van der Waals surface area contributed by atoms with Crippen LogP contribution in [0.1, 0.15) is 42.7 Å². The van der Waals surface area contributed by atoms with Gasteiger partial charge >= 0.3 is 0 Å². The van der Waals surface area contributed by atoms with Gasteiger partial charge in [0.05, 0.1) is 6.04 Å². The maximum absolute atomic E-state index is 12.9. The third-order valence-corrected chi connectivity index (χ3v) is 4.00. The lowest BCUT2D eigenvalue weighted by molar-refractivity contribution is -0.115. The molecule has 26 heavy (non-hydrogen) atoms. The molecule has 6 nitrogen and oxygen atoms in total. The first-order valence-electron chi connectivity index (χ1n) is 8.30. The number of hydrogen-bond acceptors (Lipinski definition) is 3. The van der Waals surface area contributed by atoms with Gasteiger partial charge in [0.15, 0.2) is 0 Å². The lowest BCUT2D eigenvalue weighted by atomic mass is 10.1. The van der Waals surface area contributed by atoms with Gasteiger partial charge in [-0.05, 0) is 30.7 Å². The predicted molar refractivity (Wildman–Crippen MR) is 102 cm³/mol. The molecular weight excluding hydrogens is 330 g/mol. The number of amides is 3. The molecule has 0 aliphatic carbocycles. The second-order valence-electron chi connectivity index (χ2n) is 6.16. The van der Waals surface area contributed by atoms with E-state index in [9.17, 15) is 14.4 Å². The highest BCUT2D eigenvalue weighted by atomic mass is 16.2. The third-order valence-electron chi connectivity index (χ3n) is 4.00. The van der Waals surface area contributed by atoms with Crippen LogP contribution in [0.25, 0.3) is 0 Å². The number of rotatable bonds is 5. The Morgan fingerprint density at radius 2 is 1.38 bits per heavy atom. The Morgan fingerprint density at radius 1 is 0.885 bits per heavy atom. The average molecular weight is 353 g/mol. The summed E-state index contributed by atoms with van der Waals surface area (Å²) >= 11 is 0. The van der Waals surface area contributed by atoms with Crippen LogP contribution in [0.2, 0.25) is 0 Å². The number of anilines is 2. The van der Waals surface area contributed by atoms with Gasteiger partial charge in [-0.1, -0.05) is 30.3 Å². The van der Waals surface area contributed by atoms with Gasteiger partial charge in [0.2, 0.25) is 11.8 Å². The summed E-state index contributed by atoms with van der Waals surface area (Å²) < 4.78 is 0. The van der Waals surface area contributed by atoms with Gasteiger partial charge in [0.1, 0.15) is 0 Å². The normalized spacial score (nSPS) is 11.4. The van der Waals surface area contributed by atoms with Gasteiger partial charge in [-0.2, -0.15) is 0 Å². The largest absolute Gasteiger partial charge is 0.335 e. The lowest BCUT2D eigenvalue weighted by Gasteiger charge is -2.26. The summed E-state index contributed by atoms with van der Waals surface area (Å²) in [5, 5.41) is 5.31. The molecule has 2 aromatic carbocycles. The maximum atomic E-state index is 12.9. The summed E-state index contributed by atoms with van der Waals surface area (Å²) in [6.07, 6.45) is 0. The van der Waals surface area contributed by atoms with E-state index in [1.54, 1.807) is 30.1 Å². The Hall–Kier alpha value is -3.15. The predicted octanol–water partition coefficient (Wildman–Crippen LogP) is 3.44. The van der Waals surface area contributed by atoms with Crippen LogP contribution in [0.5, 0.6) is 0 Å². The van der Waals surface area contributed by atoms with E-state index in [1.807, 2.05) is 37.3 Å². The van der Waals surface area contributed by atoms with Gasteiger partial charge in [-0.3, -0.25) is 14.4 Å². The molecule has 0 unspecified atom stereocenters. The van der Waals surface area contributed by atoms with E-state index in [-0.39, 0.29) is 23.8 Å². The number of benzene rings is 2. The smallest absolute Gasteiger partial charge is 0.254 e. The van der Waals surface area contributed by atoms with Crippen molar-refractivity contribution in [2.45, 2.75) is 26.8 Å². The summed E-state index contributed by atoms with van der Waals surface area (Å²) in [6.45, 7) is 4.71. The summed E-state index contributed by atoms with van der Waals surface area (Å²) in [7, 11) is 1.73. The van der Waals surface area contributed by atoms with Crippen LogP contribution in [0, 0.1) is 0 Å². The Labute approximate surface area is 153 Å². The van der Waals surface area contributed by atoms with Gasteiger partial charge in [0, 0.05) is 37.8 Å². The quantitative estimate of drug-likeness (QED) is 0.864. The zero-order valence-electron chi connectivity index (χ0n) is 15.4. The minimum Gasteiger partial charge on any atom is -0.335 e. The molecule has 0 radical (unpaired) electrons. The van der Waals surface area contributed by atoms with Crippen molar-refractivity contribution in [2.75, 3.05) is 17.7 Å². The van der Waals surface area contributed by atoms with E-state index in [2.05, 4.69) is 10.6 Å². The summed E-state index contributed by atoms with van der Waals surface area (Å²) in [6, 6.07) is 14.4. The third kappa shape index (κ3) is 4.92. The first kappa shape index (κ1) is 19.2. The van der Waals surface area contributed by atoms with Crippen LogP contribution in [0.15, 0.2) is 48.5 Å². The van der Waals surface area contributed by atoms with E-state index >= 15 is 0 Å². The first-order valence-corrected chi connectivity index (χ1v) is 8.30. The highest BCUT2D eigenvalue weighted by molar-refractivity contribution is 6.00. The average Bonchev–Trinajstić information content (AvgIpc) is 2.59. The van der Waals surface area contributed by atoms with E-state index in [0.717, 1.165) is 5.56 Å². The fraction of sp³-hybridized carbons (Fsp3) is 0.250. The van der Waals surface area contributed by atoms with Gasteiger partial charge in [-0.15, -0.1) is 0 Å². The summed E-state index contributed by atoms with van der Waals surface area (Å²) in [5.41, 5.74) is 2.30. The van der Waals surface area contributed by atoms with Gasteiger partial charge < -0.3 is 15.5 Å². The zero-order chi connectivity index (χ0) is 19.3. The minimum atomic E-state index is -0.255. The molecule has 0 heterocycles. The van der Waals surface area contributed by atoms with Gasteiger partial charge in [-0.25, -0.2) is 0 Å². The van der Waals surface area contributed by atoms with E-state index in [4.69, 9.17) is 0 Å². The topological polar surface area (TPSA) is 78.5 Å². The molecule has 0 spiro atoms. The highest BCUT2D eigenvalue weighted by Gasteiger charge is 2.20. The summed E-state index contributed by atoms with van der Waals surface area (Å²) in [5.74, 6) is -0.719. The van der Waals surface area contributed by atoms with Crippen LogP contribution >= 0.6 is 0 Å². The molecule has 136 valence electrons. The first-order chi connectivity index (χ1) is 12.3. The van der Waals surface area contributed by atoms with Crippen molar-refractivity contribution in [2.24, 2.45) is 0 Å². The molecule has 0 aromatic heterocycles. The number of nitrogens with one attached hydrogen (secondary N) is 2. The maximum Gasteiger partial charge on any atom is 0.254 e. The van der Waals surface area contributed by atoms with Crippen LogP contribution < -0.4 is 10.6 Å².